The van der Waals surface area contributed by atoms with Crippen LogP contribution in [0.2, 0.25) is 10.0 Å². The van der Waals surface area contributed by atoms with Crippen molar-refractivity contribution >= 4 is 51.8 Å². The average Bonchev–Trinajstić information content (AvgIpc) is 3.32. The predicted octanol–water partition coefficient (Wildman–Crippen LogP) is 4.00. The Kier molecular flexibility index (Phi) is 6.82. The van der Waals surface area contributed by atoms with Gasteiger partial charge in [-0.25, -0.2) is 9.97 Å². The number of piperazine rings is 1. The van der Waals surface area contributed by atoms with Crippen LogP contribution >= 0.6 is 23.2 Å². The Bertz CT molecular complexity index is 1420. The second-order valence-corrected chi connectivity index (χ2v) is 8.99. The summed E-state index contributed by atoms with van der Waals surface area (Å²) in [6.45, 7) is 2.14. The molecule has 4 aromatic rings. The first-order valence-electron chi connectivity index (χ1n) is 11.3. The molecule has 1 aliphatic rings. The summed E-state index contributed by atoms with van der Waals surface area (Å²) < 4.78 is 5.25. The van der Waals surface area contributed by atoms with Crippen LogP contribution in [0.3, 0.4) is 0 Å². The molecule has 10 nitrogen and oxygen atoms in total. The zero-order valence-corrected chi connectivity index (χ0v) is 20.9. The standard InChI is InChI=1S/C24H24Cl2N8O2/c1-36-15-5-2-4-14(12-15)28-24(27)34-10-8-33(9-11-34)23-18(13-35)29-21-20(31-32-22(21)30-23)16-6-3-7-17(25)19(16)26/h2-7,12,35H,8-11,13H2,1H3,(H2,27,28)(H,30,31,32). The first-order chi connectivity index (χ1) is 17.5. The van der Waals surface area contributed by atoms with Crippen molar-refractivity contribution in [3.8, 4) is 17.0 Å². The second-order valence-electron chi connectivity index (χ2n) is 8.20. The second kappa shape index (κ2) is 10.2. The van der Waals surface area contributed by atoms with Gasteiger partial charge in [-0.1, -0.05) is 41.4 Å². The number of nitrogens with zero attached hydrogens (tertiary/aromatic N) is 5. The third kappa shape index (κ3) is 4.62. The topological polar surface area (TPSA) is 126 Å². The van der Waals surface area contributed by atoms with E-state index in [1.807, 2.05) is 35.2 Å². The number of fused-ring (bicyclic) bond motifs is 1. The van der Waals surface area contributed by atoms with Gasteiger partial charge in [0.15, 0.2) is 17.4 Å². The number of hydrogen-bond acceptors (Lipinski definition) is 7. The smallest absolute Gasteiger partial charge is 0.195 e. The van der Waals surface area contributed by atoms with Crippen molar-refractivity contribution in [2.45, 2.75) is 6.61 Å². The molecule has 2 aromatic heterocycles. The van der Waals surface area contributed by atoms with Gasteiger partial charge in [-0.2, -0.15) is 5.10 Å². The van der Waals surface area contributed by atoms with Gasteiger partial charge in [-0.3, -0.25) is 10.5 Å². The van der Waals surface area contributed by atoms with Gasteiger partial charge < -0.3 is 25.0 Å². The first-order valence-corrected chi connectivity index (χ1v) is 12.0. The lowest BCUT2D eigenvalue weighted by atomic mass is 10.1. The Hall–Kier alpha value is -3.60. The Morgan fingerprint density at radius 3 is 2.67 bits per heavy atom. The van der Waals surface area contributed by atoms with Gasteiger partial charge in [0.2, 0.25) is 0 Å². The minimum Gasteiger partial charge on any atom is -0.497 e. The number of hydrogen-bond donors (Lipinski definition) is 4. The van der Waals surface area contributed by atoms with Crippen molar-refractivity contribution in [2.24, 2.45) is 0 Å². The molecule has 0 amide bonds. The van der Waals surface area contributed by atoms with E-state index in [2.05, 4.69) is 25.4 Å². The van der Waals surface area contributed by atoms with Crippen LogP contribution in [0.1, 0.15) is 5.69 Å². The summed E-state index contributed by atoms with van der Waals surface area (Å²) in [5, 5.41) is 29.8. The number of anilines is 2. The average molecular weight is 527 g/mol. The summed E-state index contributed by atoms with van der Waals surface area (Å²) in [7, 11) is 1.61. The molecule has 1 saturated heterocycles. The maximum absolute atomic E-state index is 10.1. The number of nitrogens with one attached hydrogen (secondary N) is 3. The van der Waals surface area contributed by atoms with Crippen LogP contribution in [0, 0.1) is 5.41 Å². The minimum absolute atomic E-state index is 0.278. The predicted molar refractivity (Wildman–Crippen MR) is 141 cm³/mol. The first kappa shape index (κ1) is 24.1. The van der Waals surface area contributed by atoms with E-state index in [1.54, 1.807) is 19.2 Å². The molecule has 0 atom stereocenters. The summed E-state index contributed by atoms with van der Waals surface area (Å²) in [4.78, 5) is 13.4. The lowest BCUT2D eigenvalue weighted by Crippen LogP contribution is -2.50. The summed E-state index contributed by atoms with van der Waals surface area (Å²) in [5.41, 5.74) is 3.39. The third-order valence-electron chi connectivity index (χ3n) is 6.03. The molecule has 0 aliphatic carbocycles. The van der Waals surface area contributed by atoms with E-state index >= 15 is 0 Å². The molecular formula is C24H24Cl2N8O2. The number of aliphatic hydroxyl groups is 1. The zero-order valence-electron chi connectivity index (χ0n) is 19.4. The lowest BCUT2D eigenvalue weighted by Gasteiger charge is -2.37. The quantitative estimate of drug-likeness (QED) is 0.227. The summed E-state index contributed by atoms with van der Waals surface area (Å²) >= 11 is 12.6. The fraction of sp³-hybridized carbons (Fsp3) is 0.250. The number of aromatic nitrogens is 4. The Morgan fingerprint density at radius 2 is 1.92 bits per heavy atom. The zero-order chi connectivity index (χ0) is 25.2. The van der Waals surface area contributed by atoms with Crippen LogP contribution < -0.4 is 15.0 Å². The summed E-state index contributed by atoms with van der Waals surface area (Å²) in [6, 6.07) is 12.8. The molecule has 5 rings (SSSR count). The van der Waals surface area contributed by atoms with Crippen LogP contribution in [0.25, 0.3) is 22.4 Å². The molecule has 2 aromatic carbocycles. The number of guanidine groups is 1. The third-order valence-corrected chi connectivity index (χ3v) is 6.85. The van der Waals surface area contributed by atoms with Crippen molar-refractivity contribution in [3.05, 3.63) is 58.2 Å². The lowest BCUT2D eigenvalue weighted by molar-refractivity contribution is 0.276. The van der Waals surface area contributed by atoms with Crippen molar-refractivity contribution in [2.75, 3.05) is 43.5 Å². The van der Waals surface area contributed by atoms with E-state index in [4.69, 9.17) is 38.3 Å². The van der Waals surface area contributed by atoms with Gasteiger partial charge in [-0.15, -0.1) is 0 Å². The Labute approximate surface area is 217 Å². The summed E-state index contributed by atoms with van der Waals surface area (Å²) in [6.07, 6.45) is 0. The molecule has 3 heterocycles. The van der Waals surface area contributed by atoms with Crippen LogP contribution in [0.15, 0.2) is 42.5 Å². The van der Waals surface area contributed by atoms with Crippen molar-refractivity contribution in [3.63, 3.8) is 0 Å². The van der Waals surface area contributed by atoms with E-state index < -0.39 is 0 Å². The number of H-pyrrole nitrogens is 1. The highest BCUT2D eigenvalue weighted by molar-refractivity contribution is 6.43. The van der Waals surface area contributed by atoms with Crippen LogP contribution in [-0.2, 0) is 6.61 Å². The van der Waals surface area contributed by atoms with Gasteiger partial charge >= 0.3 is 0 Å². The molecule has 36 heavy (non-hydrogen) atoms. The van der Waals surface area contributed by atoms with Crippen molar-refractivity contribution in [1.29, 1.82) is 5.41 Å². The molecule has 0 bridgehead atoms. The highest BCUT2D eigenvalue weighted by atomic mass is 35.5. The Morgan fingerprint density at radius 1 is 1.14 bits per heavy atom. The number of benzene rings is 2. The molecule has 0 spiro atoms. The van der Waals surface area contributed by atoms with Gasteiger partial charge in [0, 0.05) is 43.5 Å². The molecule has 4 N–H and O–H groups in total. The maximum atomic E-state index is 10.1. The largest absolute Gasteiger partial charge is 0.497 e. The van der Waals surface area contributed by atoms with E-state index in [1.165, 1.54) is 0 Å². The molecule has 0 unspecified atom stereocenters. The summed E-state index contributed by atoms with van der Waals surface area (Å²) in [5.74, 6) is 1.62. The number of methoxy groups -OCH3 is 1. The van der Waals surface area contributed by atoms with E-state index in [0.29, 0.717) is 76.1 Å². The fourth-order valence-corrected chi connectivity index (χ4v) is 4.55. The highest BCUT2D eigenvalue weighted by Crippen LogP contribution is 2.35. The molecule has 12 heteroatoms. The highest BCUT2D eigenvalue weighted by Gasteiger charge is 2.25. The molecule has 1 aliphatic heterocycles. The van der Waals surface area contributed by atoms with Crippen LogP contribution in [-0.4, -0.2) is 69.4 Å². The van der Waals surface area contributed by atoms with E-state index in [9.17, 15) is 5.11 Å². The van der Waals surface area contributed by atoms with Gasteiger partial charge in [0.05, 0.1) is 23.8 Å². The number of aromatic amines is 1. The Balaban J connectivity index is 1.33. The van der Waals surface area contributed by atoms with Crippen molar-refractivity contribution < 1.29 is 9.84 Å². The van der Waals surface area contributed by atoms with Crippen LogP contribution in [0.5, 0.6) is 5.75 Å². The number of aliphatic hydroxyl groups excluding tert-OH is 1. The molecule has 1 fully saturated rings. The minimum atomic E-state index is -0.278. The maximum Gasteiger partial charge on any atom is 0.195 e. The fourth-order valence-electron chi connectivity index (χ4n) is 4.16. The molecule has 186 valence electrons. The number of ether oxygens (including phenoxy) is 1. The van der Waals surface area contributed by atoms with Crippen molar-refractivity contribution in [1.82, 2.24) is 25.1 Å². The molecule has 0 radical (unpaired) electrons. The van der Waals surface area contributed by atoms with Gasteiger partial charge in [0.25, 0.3) is 0 Å². The molecular weight excluding hydrogens is 503 g/mol. The van der Waals surface area contributed by atoms with Gasteiger partial charge in [-0.05, 0) is 18.2 Å². The number of rotatable bonds is 5. The van der Waals surface area contributed by atoms with E-state index in [-0.39, 0.29) is 6.61 Å². The van der Waals surface area contributed by atoms with Gasteiger partial charge in [0.1, 0.15) is 22.7 Å². The number of halogens is 2. The molecule has 0 saturated carbocycles. The van der Waals surface area contributed by atoms with Crippen LogP contribution in [0.4, 0.5) is 11.5 Å². The monoisotopic (exact) mass is 526 g/mol. The SMILES string of the molecule is COc1cccc(NC(=N)N2CCN(c3nc4[nH]nc(-c5cccc(Cl)c5Cl)c4nc3CO)CC2)c1. The normalized spacial score (nSPS) is 13.8. The van der Waals surface area contributed by atoms with E-state index in [0.717, 1.165) is 11.4 Å².